The van der Waals surface area contributed by atoms with Crippen molar-refractivity contribution in [3.05, 3.63) is 54.5 Å². The first-order chi connectivity index (χ1) is 24.7. The molecule has 0 aliphatic carbocycles. The van der Waals surface area contributed by atoms with Gasteiger partial charge in [0.1, 0.15) is 42.4 Å². The Balaban J connectivity index is 1.76. The Labute approximate surface area is 301 Å². The highest BCUT2D eigenvalue weighted by atomic mass is 31.2. The summed E-state index contributed by atoms with van der Waals surface area (Å²) in [7, 11) is -3.45. The third kappa shape index (κ3) is 9.84. The van der Waals surface area contributed by atoms with Crippen LogP contribution < -0.4 is 15.3 Å². The van der Waals surface area contributed by atoms with Gasteiger partial charge >= 0.3 is 25.7 Å². The van der Waals surface area contributed by atoms with Crippen LogP contribution in [0, 0.1) is 23.2 Å². The maximum atomic E-state index is 14.5. The van der Waals surface area contributed by atoms with Gasteiger partial charge < -0.3 is 33.9 Å². The first-order valence-corrected chi connectivity index (χ1v) is 18.3. The summed E-state index contributed by atoms with van der Waals surface area (Å²) in [6.07, 6.45) is -1.55. The van der Waals surface area contributed by atoms with Gasteiger partial charge in [-0.2, -0.15) is 15.4 Å². The highest BCUT2D eigenvalue weighted by molar-refractivity contribution is 7.52. The Hall–Kier alpha value is -4.59. The maximum absolute atomic E-state index is 14.5. The van der Waals surface area contributed by atoms with Crippen molar-refractivity contribution >= 4 is 37.0 Å². The number of methoxy groups -OCH3 is 1. The summed E-state index contributed by atoms with van der Waals surface area (Å²) >= 11 is 0. The molecule has 18 heteroatoms. The minimum Gasteiger partial charge on any atom is -0.461 e. The number of fused-ring (bicyclic) bond motifs is 1. The van der Waals surface area contributed by atoms with Crippen LogP contribution in [0.4, 0.5) is 5.82 Å². The van der Waals surface area contributed by atoms with Gasteiger partial charge in [-0.1, -0.05) is 45.9 Å². The molecule has 1 fully saturated rings. The SMILES string of the molecule is CO[C@](C#N)(COP(=O)(N[C@@H](C)C(=O)OC1CCOCC1)Oc1ccccc1)[C@@H](OC(=O)C(C)C)[C@@H](OC(=O)C(C)C)c1ccc2c(N)ncnn12. The van der Waals surface area contributed by atoms with Crippen LogP contribution in [0.5, 0.6) is 5.75 Å². The second-order valence-corrected chi connectivity index (χ2v) is 14.4. The predicted molar refractivity (Wildman–Crippen MR) is 184 cm³/mol. The third-order valence-electron chi connectivity index (χ3n) is 8.09. The number of nitriles is 1. The van der Waals surface area contributed by atoms with Gasteiger partial charge in [-0.25, -0.2) is 14.1 Å². The molecule has 0 spiro atoms. The van der Waals surface area contributed by atoms with Crippen LogP contribution in [0.25, 0.3) is 5.52 Å². The van der Waals surface area contributed by atoms with Crippen LogP contribution in [0.3, 0.4) is 0 Å². The number of rotatable bonds is 17. The van der Waals surface area contributed by atoms with Crippen molar-refractivity contribution < 1.29 is 51.7 Å². The molecule has 52 heavy (non-hydrogen) atoms. The van der Waals surface area contributed by atoms with Crippen molar-refractivity contribution in [2.75, 3.05) is 32.7 Å². The maximum Gasteiger partial charge on any atom is 0.459 e. The van der Waals surface area contributed by atoms with E-state index in [1.807, 2.05) is 6.07 Å². The molecule has 1 saturated heterocycles. The van der Waals surface area contributed by atoms with Gasteiger partial charge in [-0.15, -0.1) is 0 Å². The first-order valence-electron chi connectivity index (χ1n) is 16.7. The van der Waals surface area contributed by atoms with Gasteiger partial charge in [0.25, 0.3) is 0 Å². The van der Waals surface area contributed by atoms with E-state index in [0.717, 1.165) is 7.11 Å². The summed E-state index contributed by atoms with van der Waals surface area (Å²) in [4.78, 5) is 43.6. The molecule has 282 valence electrons. The Morgan fingerprint density at radius 1 is 1.04 bits per heavy atom. The van der Waals surface area contributed by atoms with Gasteiger partial charge in [-0.05, 0) is 31.2 Å². The van der Waals surface area contributed by atoms with E-state index in [2.05, 4.69) is 15.2 Å². The van der Waals surface area contributed by atoms with Crippen molar-refractivity contribution in [2.24, 2.45) is 11.8 Å². The number of aromatic nitrogens is 3. The zero-order valence-electron chi connectivity index (χ0n) is 29.9. The number of para-hydroxylation sites is 1. The third-order valence-corrected chi connectivity index (χ3v) is 9.72. The van der Waals surface area contributed by atoms with E-state index in [-0.39, 0.29) is 17.3 Å². The van der Waals surface area contributed by atoms with E-state index < -0.39 is 74.1 Å². The average molecular weight is 745 g/mol. The fraction of sp³-hybridized carbons (Fsp3) is 0.529. The van der Waals surface area contributed by atoms with Crippen molar-refractivity contribution in [3.8, 4) is 11.8 Å². The quantitative estimate of drug-likeness (QED) is 0.113. The van der Waals surface area contributed by atoms with Crippen LogP contribution >= 0.6 is 7.75 Å². The first kappa shape index (κ1) is 40.2. The summed E-state index contributed by atoms with van der Waals surface area (Å²) in [6, 6.07) is 11.8. The summed E-state index contributed by atoms with van der Waals surface area (Å²) in [5.74, 6) is -3.39. The molecule has 1 aliphatic heterocycles. The normalized spacial score (nSPS) is 17.7. The van der Waals surface area contributed by atoms with Crippen LogP contribution in [-0.4, -0.2) is 83.3 Å². The molecule has 1 aromatic carbocycles. The number of benzene rings is 1. The minimum atomic E-state index is -4.60. The molecular formula is C34H45N6O11P. The van der Waals surface area contributed by atoms with Gasteiger partial charge in [-0.3, -0.25) is 18.9 Å². The lowest BCUT2D eigenvalue weighted by Gasteiger charge is -2.38. The minimum absolute atomic E-state index is 0.0991. The number of hydrogen-bond acceptors (Lipinski definition) is 15. The number of nitrogen functional groups attached to an aromatic ring is 1. The summed E-state index contributed by atoms with van der Waals surface area (Å²) in [6.45, 7) is 7.71. The molecule has 0 saturated carbocycles. The van der Waals surface area contributed by atoms with Crippen LogP contribution in [0.1, 0.15) is 59.3 Å². The topological polar surface area (TPSA) is 225 Å². The number of esters is 3. The molecule has 4 rings (SSSR count). The van der Waals surface area contributed by atoms with Crippen molar-refractivity contribution in [1.82, 2.24) is 19.7 Å². The number of nitrogens with one attached hydrogen (secondary N) is 1. The van der Waals surface area contributed by atoms with E-state index in [9.17, 15) is 24.2 Å². The molecule has 0 radical (unpaired) electrons. The fourth-order valence-corrected chi connectivity index (χ4v) is 6.55. The van der Waals surface area contributed by atoms with Crippen molar-refractivity contribution in [2.45, 2.75) is 77.4 Å². The van der Waals surface area contributed by atoms with Gasteiger partial charge in [0.15, 0.2) is 18.0 Å². The summed E-state index contributed by atoms with van der Waals surface area (Å²) in [5.41, 5.74) is 4.21. The smallest absolute Gasteiger partial charge is 0.459 e. The number of carbonyl (C=O) groups is 3. The molecular weight excluding hydrogens is 699 g/mol. The monoisotopic (exact) mass is 744 g/mol. The number of carbonyl (C=O) groups excluding carboxylic acids is 3. The molecule has 3 N–H and O–H groups in total. The van der Waals surface area contributed by atoms with Gasteiger partial charge in [0.05, 0.1) is 30.7 Å². The lowest BCUT2D eigenvalue weighted by molar-refractivity contribution is -0.197. The molecule has 1 aliphatic rings. The summed E-state index contributed by atoms with van der Waals surface area (Å²) in [5, 5.41) is 17.6. The van der Waals surface area contributed by atoms with E-state index in [4.69, 9.17) is 38.5 Å². The summed E-state index contributed by atoms with van der Waals surface area (Å²) < 4.78 is 56.1. The molecule has 3 heterocycles. The van der Waals surface area contributed by atoms with E-state index in [1.54, 1.807) is 52.0 Å². The van der Waals surface area contributed by atoms with Crippen LogP contribution in [0.2, 0.25) is 0 Å². The van der Waals surface area contributed by atoms with Gasteiger partial charge in [0, 0.05) is 20.0 Å². The highest BCUT2D eigenvalue weighted by Crippen LogP contribution is 2.47. The largest absolute Gasteiger partial charge is 0.461 e. The average Bonchev–Trinajstić information content (AvgIpc) is 3.56. The zero-order chi connectivity index (χ0) is 38.1. The second kappa shape index (κ2) is 17.8. The van der Waals surface area contributed by atoms with Crippen molar-refractivity contribution in [1.29, 1.82) is 5.26 Å². The fourth-order valence-electron chi connectivity index (χ4n) is 5.03. The molecule has 1 unspecified atom stereocenters. The number of ether oxygens (including phenoxy) is 5. The Bertz CT molecular complexity index is 1780. The Kier molecular flexibility index (Phi) is 13.7. The van der Waals surface area contributed by atoms with Crippen LogP contribution in [0.15, 0.2) is 48.8 Å². The standard InChI is InChI=1S/C34H45N6O11P/c1-21(2)31(41)49-28(26-12-13-27-30(36)37-20-38-40(26)27)29(50-32(42)22(3)4)34(18-35,45-6)19-47-52(44,51-25-10-8-7-9-11-25)39-23(5)33(43)48-24-14-16-46-17-15-24/h7-13,20-24,28-29H,14-17,19H2,1-6H3,(H,39,44)(H2,36,37,38)/t23-,28-,29-,34+,52?/m0/s1. The molecule has 2 aromatic heterocycles. The molecule has 5 atom stereocenters. The molecule has 0 bridgehead atoms. The predicted octanol–water partition coefficient (Wildman–Crippen LogP) is 3.93. The molecule has 3 aromatic rings. The van der Waals surface area contributed by atoms with E-state index in [1.165, 1.54) is 36.0 Å². The lowest BCUT2D eigenvalue weighted by atomic mass is 9.92. The number of anilines is 1. The number of hydrogen-bond donors (Lipinski definition) is 2. The van der Waals surface area contributed by atoms with Crippen LogP contribution in [-0.2, 0) is 47.2 Å². The molecule has 0 amide bonds. The van der Waals surface area contributed by atoms with E-state index in [0.29, 0.717) is 31.6 Å². The molecule has 17 nitrogen and oxygen atoms in total. The number of nitrogens with two attached hydrogens (primary N) is 1. The Morgan fingerprint density at radius 2 is 1.69 bits per heavy atom. The van der Waals surface area contributed by atoms with Gasteiger partial charge in [0.2, 0.25) is 5.60 Å². The number of nitrogens with zero attached hydrogens (tertiary/aromatic N) is 4. The second-order valence-electron chi connectivity index (χ2n) is 12.7. The van der Waals surface area contributed by atoms with E-state index >= 15 is 0 Å². The zero-order valence-corrected chi connectivity index (χ0v) is 30.8. The van der Waals surface area contributed by atoms with Crippen molar-refractivity contribution in [3.63, 3.8) is 0 Å². The lowest BCUT2D eigenvalue weighted by Crippen LogP contribution is -2.54. The highest BCUT2D eigenvalue weighted by Gasteiger charge is 2.53. The Morgan fingerprint density at radius 3 is 2.31 bits per heavy atom.